The van der Waals surface area contributed by atoms with Crippen molar-refractivity contribution in [2.75, 3.05) is 16.3 Å². The van der Waals surface area contributed by atoms with Crippen LogP contribution in [-0.4, -0.2) is 24.8 Å². The predicted molar refractivity (Wildman–Crippen MR) is 144 cm³/mol. The molecular formula is C28H26N2O3S2. The molecule has 4 aromatic carbocycles. The van der Waals surface area contributed by atoms with Crippen LogP contribution < -0.4 is 9.80 Å². The van der Waals surface area contributed by atoms with Crippen molar-refractivity contribution in [3.05, 3.63) is 103 Å². The van der Waals surface area contributed by atoms with Gasteiger partial charge in [0, 0.05) is 27.7 Å². The van der Waals surface area contributed by atoms with Gasteiger partial charge in [-0.3, -0.25) is 4.55 Å². The van der Waals surface area contributed by atoms with E-state index in [1.54, 1.807) is 18.7 Å². The summed E-state index contributed by atoms with van der Waals surface area (Å²) in [4.78, 5) is 6.63. The number of hydrogen-bond acceptors (Lipinski definition) is 5. The van der Waals surface area contributed by atoms with E-state index in [2.05, 4.69) is 64.4 Å². The van der Waals surface area contributed by atoms with Gasteiger partial charge in [-0.15, -0.1) is 0 Å². The Morgan fingerprint density at radius 2 is 1.37 bits per heavy atom. The molecule has 35 heavy (non-hydrogen) atoms. The standard InChI is InChI=1S/C28H26N2O3S2/c1-21(35(31,32)33)19-20-29-24-15-8-9-17-26(24)34-27-18-10-16-25(28(27)29)30(22-11-4-2-5-12-22)23-13-6-3-7-14-23/h2-18,21H,19-20H2,1H3,(H,31,32,33). The van der Waals surface area contributed by atoms with Gasteiger partial charge in [0.25, 0.3) is 10.1 Å². The molecule has 0 saturated carbocycles. The zero-order valence-corrected chi connectivity index (χ0v) is 20.9. The first-order valence-electron chi connectivity index (χ1n) is 11.5. The maximum Gasteiger partial charge on any atom is 0.267 e. The molecule has 178 valence electrons. The molecule has 0 spiro atoms. The summed E-state index contributed by atoms with van der Waals surface area (Å²) in [5.74, 6) is 0. The second-order valence-electron chi connectivity index (χ2n) is 8.47. The molecule has 5 nitrogen and oxygen atoms in total. The summed E-state index contributed by atoms with van der Waals surface area (Å²) in [6.45, 7) is 1.99. The van der Waals surface area contributed by atoms with E-state index in [0.717, 1.165) is 38.2 Å². The number of rotatable bonds is 7. The number of nitrogens with zero attached hydrogens (tertiary/aromatic N) is 2. The average molecular weight is 503 g/mol. The first-order valence-corrected chi connectivity index (χ1v) is 13.8. The summed E-state index contributed by atoms with van der Waals surface area (Å²) in [6.07, 6.45) is 0.294. The minimum Gasteiger partial charge on any atom is -0.338 e. The van der Waals surface area contributed by atoms with Crippen LogP contribution in [0.5, 0.6) is 0 Å². The van der Waals surface area contributed by atoms with Crippen LogP contribution in [0, 0.1) is 0 Å². The fraction of sp³-hybridized carbons (Fsp3) is 0.143. The molecule has 7 heteroatoms. The Morgan fingerprint density at radius 3 is 2.00 bits per heavy atom. The molecule has 0 saturated heterocycles. The minimum absolute atomic E-state index is 0.294. The molecule has 0 fully saturated rings. The molecule has 5 rings (SSSR count). The molecule has 1 heterocycles. The van der Waals surface area contributed by atoms with E-state index in [1.165, 1.54) is 0 Å². The van der Waals surface area contributed by atoms with Gasteiger partial charge in [0.2, 0.25) is 0 Å². The molecule has 0 amide bonds. The molecular weight excluding hydrogens is 476 g/mol. The third kappa shape index (κ3) is 4.80. The number of anilines is 5. The van der Waals surface area contributed by atoms with Gasteiger partial charge < -0.3 is 9.80 Å². The van der Waals surface area contributed by atoms with Crippen LogP contribution >= 0.6 is 11.8 Å². The molecule has 1 unspecified atom stereocenters. The third-order valence-electron chi connectivity index (χ3n) is 6.16. The molecule has 0 aromatic heterocycles. The predicted octanol–water partition coefficient (Wildman–Crippen LogP) is 7.43. The van der Waals surface area contributed by atoms with E-state index in [-0.39, 0.29) is 0 Å². The van der Waals surface area contributed by atoms with Crippen molar-refractivity contribution in [2.24, 2.45) is 0 Å². The Hall–Kier alpha value is -3.26. The Kier molecular flexibility index (Phi) is 6.56. The van der Waals surface area contributed by atoms with E-state index < -0.39 is 15.4 Å². The van der Waals surface area contributed by atoms with Crippen molar-refractivity contribution in [3.63, 3.8) is 0 Å². The largest absolute Gasteiger partial charge is 0.338 e. The van der Waals surface area contributed by atoms with Gasteiger partial charge in [-0.2, -0.15) is 8.42 Å². The second kappa shape index (κ2) is 9.77. The third-order valence-corrected chi connectivity index (χ3v) is 8.53. The fourth-order valence-corrected chi connectivity index (χ4v) is 5.85. The van der Waals surface area contributed by atoms with Gasteiger partial charge in [-0.05, 0) is 61.9 Å². The summed E-state index contributed by atoms with van der Waals surface area (Å²) >= 11 is 1.71. The van der Waals surface area contributed by atoms with E-state index in [0.29, 0.717) is 13.0 Å². The summed E-state index contributed by atoms with van der Waals surface area (Å²) in [7, 11) is -4.11. The quantitative estimate of drug-likeness (QED) is 0.265. The Labute approximate surface area is 210 Å². The number of benzene rings is 4. The molecule has 0 aliphatic carbocycles. The van der Waals surface area contributed by atoms with Gasteiger partial charge in [0.05, 0.1) is 22.3 Å². The zero-order chi connectivity index (χ0) is 24.4. The molecule has 0 bridgehead atoms. The maximum absolute atomic E-state index is 11.8. The first kappa shape index (κ1) is 23.5. The highest BCUT2D eigenvalue weighted by molar-refractivity contribution is 7.99. The summed E-state index contributed by atoms with van der Waals surface area (Å²) in [6, 6.07) is 34.9. The molecule has 1 atom stereocenters. The number of para-hydroxylation sites is 4. The van der Waals surface area contributed by atoms with Gasteiger partial charge >= 0.3 is 0 Å². The van der Waals surface area contributed by atoms with E-state index in [1.807, 2.05) is 48.5 Å². The van der Waals surface area contributed by atoms with Crippen molar-refractivity contribution < 1.29 is 13.0 Å². The second-order valence-corrected chi connectivity index (χ2v) is 11.4. The molecule has 1 aliphatic heterocycles. The Bertz CT molecular complexity index is 1390. The van der Waals surface area contributed by atoms with Gasteiger partial charge in [-0.25, -0.2) is 0 Å². The number of fused-ring (bicyclic) bond motifs is 2. The SMILES string of the molecule is CC(CCN1c2ccccc2Sc2cccc(N(c3ccccc3)c3ccccc3)c21)S(=O)(=O)O. The first-order chi connectivity index (χ1) is 16.9. The molecule has 4 aromatic rings. The monoisotopic (exact) mass is 502 g/mol. The highest BCUT2D eigenvalue weighted by Crippen LogP contribution is 2.53. The highest BCUT2D eigenvalue weighted by Gasteiger charge is 2.30. The van der Waals surface area contributed by atoms with Crippen molar-refractivity contribution in [3.8, 4) is 0 Å². The lowest BCUT2D eigenvalue weighted by Crippen LogP contribution is -2.28. The van der Waals surface area contributed by atoms with Crippen LogP contribution in [0.3, 0.4) is 0 Å². The summed E-state index contributed by atoms with van der Waals surface area (Å²) < 4.78 is 33.1. The van der Waals surface area contributed by atoms with Crippen molar-refractivity contribution in [2.45, 2.75) is 28.4 Å². The van der Waals surface area contributed by atoms with Crippen molar-refractivity contribution in [1.29, 1.82) is 0 Å². The van der Waals surface area contributed by atoms with Crippen LogP contribution in [0.2, 0.25) is 0 Å². The van der Waals surface area contributed by atoms with Crippen LogP contribution in [0.25, 0.3) is 0 Å². The lowest BCUT2D eigenvalue weighted by Gasteiger charge is -2.38. The molecule has 0 radical (unpaired) electrons. The Morgan fingerprint density at radius 1 is 0.800 bits per heavy atom. The van der Waals surface area contributed by atoms with E-state index >= 15 is 0 Å². The van der Waals surface area contributed by atoms with Crippen LogP contribution in [0.15, 0.2) is 113 Å². The van der Waals surface area contributed by atoms with Gasteiger partial charge in [-0.1, -0.05) is 66.4 Å². The minimum atomic E-state index is -4.11. The average Bonchev–Trinajstić information content (AvgIpc) is 2.87. The van der Waals surface area contributed by atoms with E-state index in [9.17, 15) is 13.0 Å². The lowest BCUT2D eigenvalue weighted by atomic mass is 10.1. The van der Waals surface area contributed by atoms with Crippen LogP contribution in [-0.2, 0) is 10.1 Å². The topological polar surface area (TPSA) is 60.9 Å². The van der Waals surface area contributed by atoms with Crippen molar-refractivity contribution in [1.82, 2.24) is 0 Å². The van der Waals surface area contributed by atoms with Crippen LogP contribution in [0.1, 0.15) is 13.3 Å². The smallest absolute Gasteiger partial charge is 0.267 e. The maximum atomic E-state index is 11.8. The normalized spacial score (nSPS) is 13.6. The lowest BCUT2D eigenvalue weighted by molar-refractivity contribution is 0.466. The Balaban J connectivity index is 1.68. The summed E-state index contributed by atoms with van der Waals surface area (Å²) in [5, 5.41) is -0.862. The highest BCUT2D eigenvalue weighted by atomic mass is 32.2. The van der Waals surface area contributed by atoms with E-state index in [4.69, 9.17) is 0 Å². The van der Waals surface area contributed by atoms with Gasteiger partial charge in [0.15, 0.2) is 0 Å². The van der Waals surface area contributed by atoms with Crippen LogP contribution in [0.4, 0.5) is 28.4 Å². The van der Waals surface area contributed by atoms with Gasteiger partial charge in [0.1, 0.15) is 0 Å². The zero-order valence-electron chi connectivity index (χ0n) is 19.3. The fourth-order valence-electron chi connectivity index (χ4n) is 4.32. The van der Waals surface area contributed by atoms with Crippen molar-refractivity contribution >= 4 is 50.3 Å². The number of hydrogen-bond donors (Lipinski definition) is 1. The molecule has 1 N–H and O–H groups in total. The summed E-state index contributed by atoms with van der Waals surface area (Å²) in [5.41, 5.74) is 5.11. The molecule has 1 aliphatic rings.